The van der Waals surface area contributed by atoms with E-state index in [0.717, 1.165) is 30.0 Å². The number of piperidine rings is 1. The van der Waals surface area contributed by atoms with E-state index in [-0.39, 0.29) is 5.91 Å². The van der Waals surface area contributed by atoms with E-state index in [4.69, 9.17) is 4.74 Å². The van der Waals surface area contributed by atoms with Gasteiger partial charge in [0.25, 0.3) is 0 Å². The number of amides is 1. The first-order chi connectivity index (χ1) is 14.0. The molecule has 0 aliphatic carbocycles. The van der Waals surface area contributed by atoms with Crippen molar-refractivity contribution in [1.82, 2.24) is 0 Å². The van der Waals surface area contributed by atoms with Gasteiger partial charge in [-0.2, -0.15) is 0 Å². The molecule has 6 heteroatoms. The fourth-order valence-corrected chi connectivity index (χ4v) is 3.48. The van der Waals surface area contributed by atoms with Crippen molar-refractivity contribution in [3.05, 3.63) is 53.6 Å². The molecule has 3 rings (SSSR count). The lowest BCUT2D eigenvalue weighted by Gasteiger charge is -2.28. The average molecular weight is 396 g/mol. The first-order valence-electron chi connectivity index (χ1n) is 10.1. The number of hydrogen-bond acceptors (Lipinski definition) is 5. The Morgan fingerprint density at radius 2 is 1.72 bits per heavy atom. The number of carbonyl (C=O) groups excluding carboxylic acids is 2. The van der Waals surface area contributed by atoms with E-state index in [2.05, 4.69) is 27.7 Å². The maximum absolute atomic E-state index is 12.6. The lowest BCUT2D eigenvalue weighted by molar-refractivity contribution is -0.116. The number of carbonyl (C=O) groups is 2. The minimum absolute atomic E-state index is 0.140. The topological polar surface area (TPSA) is 70.7 Å². The molecule has 29 heavy (non-hydrogen) atoms. The van der Waals surface area contributed by atoms with Gasteiger partial charge in [-0.1, -0.05) is 6.07 Å². The third-order valence-corrected chi connectivity index (χ3v) is 5.28. The van der Waals surface area contributed by atoms with E-state index in [9.17, 15) is 9.59 Å². The number of rotatable bonds is 6. The maximum atomic E-state index is 12.6. The summed E-state index contributed by atoms with van der Waals surface area (Å²) in [5.41, 5.74) is 4.09. The zero-order chi connectivity index (χ0) is 20.8. The molecule has 1 aliphatic rings. The first-order valence-corrected chi connectivity index (χ1v) is 10.1. The molecule has 0 radical (unpaired) electrons. The van der Waals surface area contributed by atoms with Gasteiger partial charge < -0.3 is 20.3 Å². The molecule has 6 nitrogen and oxygen atoms in total. The third-order valence-electron chi connectivity index (χ3n) is 5.28. The highest BCUT2D eigenvalue weighted by Gasteiger charge is 2.16. The fourth-order valence-electron chi connectivity index (χ4n) is 3.48. The van der Waals surface area contributed by atoms with Crippen LogP contribution in [0, 0.1) is 6.92 Å². The van der Waals surface area contributed by atoms with Crippen LogP contribution in [0.2, 0.25) is 0 Å². The standard InChI is InChI=1S/C23H29N3O3/c1-16-7-8-18(23(28)29-3)15-21(16)24-17(2)22(27)25-19-9-11-20(12-10-19)26-13-5-4-6-14-26/h7-12,15,17,24H,4-6,13-14H2,1-3H3,(H,25,27)/t17-/m0/s1. The van der Waals surface area contributed by atoms with Crippen LogP contribution in [0.1, 0.15) is 42.1 Å². The Morgan fingerprint density at radius 3 is 2.38 bits per heavy atom. The van der Waals surface area contributed by atoms with Crippen LogP contribution in [0.15, 0.2) is 42.5 Å². The second-order valence-corrected chi connectivity index (χ2v) is 7.47. The van der Waals surface area contributed by atoms with Crippen molar-refractivity contribution in [3.63, 3.8) is 0 Å². The maximum Gasteiger partial charge on any atom is 0.337 e. The number of nitrogens with one attached hydrogen (secondary N) is 2. The van der Waals surface area contributed by atoms with Gasteiger partial charge in [0.15, 0.2) is 0 Å². The smallest absolute Gasteiger partial charge is 0.337 e. The number of methoxy groups -OCH3 is 1. The monoisotopic (exact) mass is 395 g/mol. The van der Waals surface area contributed by atoms with Gasteiger partial charge in [-0.15, -0.1) is 0 Å². The summed E-state index contributed by atoms with van der Waals surface area (Å²) in [5, 5.41) is 6.13. The highest BCUT2D eigenvalue weighted by Crippen LogP contribution is 2.22. The molecule has 2 aromatic rings. The average Bonchev–Trinajstić information content (AvgIpc) is 2.75. The Balaban J connectivity index is 1.61. The summed E-state index contributed by atoms with van der Waals surface area (Å²) in [4.78, 5) is 26.7. The first kappa shape index (κ1) is 20.7. The lowest BCUT2D eigenvalue weighted by Crippen LogP contribution is -2.32. The van der Waals surface area contributed by atoms with E-state index < -0.39 is 12.0 Å². The molecule has 0 bridgehead atoms. The van der Waals surface area contributed by atoms with E-state index in [1.54, 1.807) is 19.1 Å². The van der Waals surface area contributed by atoms with Crippen LogP contribution in [0.3, 0.4) is 0 Å². The predicted octanol–water partition coefficient (Wildman–Crippen LogP) is 4.21. The van der Waals surface area contributed by atoms with Crippen molar-refractivity contribution >= 4 is 28.9 Å². The molecule has 0 spiro atoms. The minimum Gasteiger partial charge on any atom is -0.465 e. The summed E-state index contributed by atoms with van der Waals surface area (Å²) < 4.78 is 4.77. The molecule has 154 valence electrons. The highest BCUT2D eigenvalue weighted by molar-refractivity contribution is 5.97. The predicted molar refractivity (Wildman–Crippen MR) is 117 cm³/mol. The summed E-state index contributed by atoms with van der Waals surface area (Å²) in [6, 6.07) is 12.8. The summed E-state index contributed by atoms with van der Waals surface area (Å²) in [6.07, 6.45) is 3.77. The van der Waals surface area contributed by atoms with Crippen molar-refractivity contribution in [3.8, 4) is 0 Å². The Morgan fingerprint density at radius 1 is 1.03 bits per heavy atom. The summed E-state index contributed by atoms with van der Waals surface area (Å²) in [7, 11) is 1.35. The number of hydrogen-bond donors (Lipinski definition) is 2. The van der Waals surface area contributed by atoms with E-state index in [1.165, 1.54) is 32.1 Å². The van der Waals surface area contributed by atoms with Gasteiger partial charge >= 0.3 is 5.97 Å². The van der Waals surface area contributed by atoms with Gasteiger partial charge in [0.05, 0.1) is 12.7 Å². The van der Waals surface area contributed by atoms with Gasteiger partial charge in [-0.25, -0.2) is 4.79 Å². The van der Waals surface area contributed by atoms with Crippen molar-refractivity contribution < 1.29 is 14.3 Å². The number of ether oxygens (including phenoxy) is 1. The SMILES string of the molecule is COC(=O)c1ccc(C)c(N[C@@H](C)C(=O)Nc2ccc(N3CCCCC3)cc2)c1. The number of anilines is 3. The molecule has 2 N–H and O–H groups in total. The van der Waals surface area contributed by atoms with E-state index >= 15 is 0 Å². The summed E-state index contributed by atoms with van der Waals surface area (Å²) in [5.74, 6) is -0.544. The van der Waals surface area contributed by atoms with Gasteiger partial charge in [-0.05, 0) is 75.1 Å². The molecule has 1 heterocycles. The van der Waals surface area contributed by atoms with E-state index in [1.807, 2.05) is 25.1 Å². The van der Waals surface area contributed by atoms with Crippen LogP contribution in [0.4, 0.5) is 17.1 Å². The second-order valence-electron chi connectivity index (χ2n) is 7.47. The third kappa shape index (κ3) is 5.28. The molecule has 1 atom stereocenters. The summed E-state index contributed by atoms with van der Waals surface area (Å²) in [6.45, 7) is 5.91. The highest BCUT2D eigenvalue weighted by atomic mass is 16.5. The number of esters is 1. The Kier molecular flexibility index (Phi) is 6.75. The van der Waals surface area contributed by atoms with Crippen molar-refractivity contribution in [2.45, 2.75) is 39.2 Å². The second kappa shape index (κ2) is 9.45. The molecule has 1 aliphatic heterocycles. The van der Waals surface area contributed by atoms with Crippen molar-refractivity contribution in [2.75, 3.05) is 35.7 Å². The molecule has 2 aromatic carbocycles. The Hall–Kier alpha value is -3.02. The molecule has 1 fully saturated rings. The number of aryl methyl sites for hydroxylation is 1. The Labute approximate surface area is 172 Å². The van der Waals surface area contributed by atoms with Gasteiger partial charge in [0.2, 0.25) is 5.91 Å². The van der Waals surface area contributed by atoms with Gasteiger partial charge in [-0.3, -0.25) is 4.79 Å². The normalized spacial score (nSPS) is 14.8. The quantitative estimate of drug-likeness (QED) is 0.717. The zero-order valence-corrected chi connectivity index (χ0v) is 17.3. The van der Waals surface area contributed by atoms with Crippen LogP contribution in [0.5, 0.6) is 0 Å². The Bertz CT molecular complexity index is 858. The van der Waals surface area contributed by atoms with Gasteiger partial charge in [0, 0.05) is 30.2 Å². The minimum atomic E-state index is -0.469. The van der Waals surface area contributed by atoms with Crippen LogP contribution >= 0.6 is 0 Å². The fraction of sp³-hybridized carbons (Fsp3) is 0.391. The number of nitrogens with zero attached hydrogens (tertiary/aromatic N) is 1. The van der Waals surface area contributed by atoms with Crippen LogP contribution < -0.4 is 15.5 Å². The molecule has 0 aromatic heterocycles. The molecule has 0 unspecified atom stereocenters. The molecular weight excluding hydrogens is 366 g/mol. The lowest BCUT2D eigenvalue weighted by atomic mass is 10.1. The van der Waals surface area contributed by atoms with Gasteiger partial charge in [0.1, 0.15) is 6.04 Å². The largest absolute Gasteiger partial charge is 0.465 e. The molecule has 1 saturated heterocycles. The van der Waals surface area contributed by atoms with Crippen molar-refractivity contribution in [1.29, 1.82) is 0 Å². The van der Waals surface area contributed by atoms with Crippen molar-refractivity contribution in [2.24, 2.45) is 0 Å². The van der Waals surface area contributed by atoms with Crippen LogP contribution in [0.25, 0.3) is 0 Å². The van der Waals surface area contributed by atoms with E-state index in [0.29, 0.717) is 5.56 Å². The zero-order valence-electron chi connectivity index (χ0n) is 17.3. The van der Waals surface area contributed by atoms with Crippen LogP contribution in [-0.2, 0) is 9.53 Å². The summed E-state index contributed by atoms with van der Waals surface area (Å²) >= 11 is 0. The number of benzene rings is 2. The molecular formula is C23H29N3O3. The molecule has 1 amide bonds. The van der Waals surface area contributed by atoms with Crippen LogP contribution in [-0.4, -0.2) is 38.1 Å². The molecule has 0 saturated carbocycles.